The van der Waals surface area contributed by atoms with Gasteiger partial charge in [-0.15, -0.1) is 0 Å². The quantitative estimate of drug-likeness (QED) is 0.843. The van der Waals surface area contributed by atoms with Crippen LogP contribution < -0.4 is 5.01 Å². The van der Waals surface area contributed by atoms with Crippen molar-refractivity contribution < 1.29 is 9.59 Å². The first kappa shape index (κ1) is 15.7. The van der Waals surface area contributed by atoms with Gasteiger partial charge in [-0.3, -0.25) is 9.59 Å². The molecule has 0 radical (unpaired) electrons. The van der Waals surface area contributed by atoms with Crippen LogP contribution in [0.1, 0.15) is 44.6 Å². The molecular formula is C18H23N3O2. The number of carbonyl (C=O) groups excluding carboxylic acids is 2. The standard InChI is InChI=1S/C18H23N3O2/c1-13-7-3-4-9-16(13)21-17(22)11-10-15(19-21)18(23)20-12-6-5-8-14(20)2/h3-4,7,9,14H,5-6,8,10-12H2,1-2H3/t14-/m0/s1. The van der Waals surface area contributed by atoms with E-state index in [1.165, 1.54) is 11.4 Å². The molecule has 0 aliphatic carbocycles. The molecule has 2 amide bonds. The third kappa shape index (κ3) is 3.14. The second kappa shape index (κ2) is 6.52. The Morgan fingerprint density at radius 1 is 1.22 bits per heavy atom. The van der Waals surface area contributed by atoms with Gasteiger partial charge in [-0.1, -0.05) is 18.2 Å². The fourth-order valence-corrected chi connectivity index (χ4v) is 3.26. The largest absolute Gasteiger partial charge is 0.335 e. The molecule has 5 heteroatoms. The fourth-order valence-electron chi connectivity index (χ4n) is 3.26. The Balaban J connectivity index is 1.88. The Kier molecular flexibility index (Phi) is 4.46. The molecule has 5 nitrogen and oxygen atoms in total. The van der Waals surface area contributed by atoms with E-state index in [0.717, 1.165) is 30.6 Å². The number of anilines is 1. The lowest BCUT2D eigenvalue weighted by atomic mass is 10.0. The number of benzene rings is 1. The molecule has 1 aromatic carbocycles. The molecule has 1 atom stereocenters. The topological polar surface area (TPSA) is 53.0 Å². The van der Waals surface area contributed by atoms with Crippen LogP contribution >= 0.6 is 0 Å². The lowest BCUT2D eigenvalue weighted by molar-refractivity contribution is -0.127. The van der Waals surface area contributed by atoms with Gasteiger partial charge >= 0.3 is 0 Å². The van der Waals surface area contributed by atoms with Crippen LogP contribution in [0, 0.1) is 6.92 Å². The summed E-state index contributed by atoms with van der Waals surface area (Å²) in [5, 5.41) is 5.82. The van der Waals surface area contributed by atoms with Crippen molar-refractivity contribution in [2.45, 2.75) is 52.0 Å². The van der Waals surface area contributed by atoms with E-state index in [1.807, 2.05) is 36.1 Å². The molecule has 1 saturated heterocycles. The van der Waals surface area contributed by atoms with E-state index >= 15 is 0 Å². The maximum Gasteiger partial charge on any atom is 0.270 e. The number of rotatable bonds is 2. The zero-order chi connectivity index (χ0) is 16.4. The molecule has 0 N–H and O–H groups in total. The Morgan fingerprint density at radius 3 is 2.74 bits per heavy atom. The number of aryl methyl sites for hydroxylation is 1. The average Bonchev–Trinajstić information content (AvgIpc) is 2.56. The van der Waals surface area contributed by atoms with E-state index in [-0.39, 0.29) is 17.9 Å². The zero-order valence-corrected chi connectivity index (χ0v) is 13.8. The van der Waals surface area contributed by atoms with Gasteiger partial charge < -0.3 is 4.90 Å². The lowest BCUT2D eigenvalue weighted by Gasteiger charge is -2.34. The van der Waals surface area contributed by atoms with E-state index in [1.54, 1.807) is 0 Å². The molecule has 23 heavy (non-hydrogen) atoms. The molecule has 2 heterocycles. The number of carbonyl (C=O) groups is 2. The number of hydrazone groups is 1. The van der Waals surface area contributed by atoms with Gasteiger partial charge in [0.05, 0.1) is 5.69 Å². The summed E-state index contributed by atoms with van der Waals surface area (Å²) < 4.78 is 0. The molecule has 2 aliphatic rings. The highest BCUT2D eigenvalue weighted by atomic mass is 16.2. The van der Waals surface area contributed by atoms with Crippen LogP contribution in [0.2, 0.25) is 0 Å². The van der Waals surface area contributed by atoms with Crippen LogP contribution in [0.5, 0.6) is 0 Å². The summed E-state index contributed by atoms with van der Waals surface area (Å²) in [6.45, 7) is 4.82. The van der Waals surface area contributed by atoms with Gasteiger partial charge in [0, 0.05) is 25.4 Å². The number of nitrogens with zero attached hydrogens (tertiary/aromatic N) is 3. The maximum atomic E-state index is 12.8. The highest BCUT2D eigenvalue weighted by Crippen LogP contribution is 2.25. The summed E-state index contributed by atoms with van der Waals surface area (Å²) in [6, 6.07) is 7.88. The smallest absolute Gasteiger partial charge is 0.270 e. The number of likely N-dealkylation sites (tertiary alicyclic amines) is 1. The number of para-hydroxylation sites is 1. The Morgan fingerprint density at radius 2 is 2.00 bits per heavy atom. The SMILES string of the molecule is Cc1ccccc1N1N=C(C(=O)N2CCCC[C@@H]2C)CCC1=O. The maximum absolute atomic E-state index is 12.8. The summed E-state index contributed by atoms with van der Waals surface area (Å²) in [5.74, 6) is -0.0640. The molecule has 3 rings (SSSR count). The summed E-state index contributed by atoms with van der Waals surface area (Å²) in [7, 11) is 0. The summed E-state index contributed by atoms with van der Waals surface area (Å²) in [6.07, 6.45) is 4.03. The highest BCUT2D eigenvalue weighted by Gasteiger charge is 2.31. The molecule has 0 unspecified atom stereocenters. The number of amides is 2. The van der Waals surface area contributed by atoms with E-state index in [2.05, 4.69) is 12.0 Å². The predicted octanol–water partition coefficient (Wildman–Crippen LogP) is 2.88. The molecule has 122 valence electrons. The first-order chi connectivity index (χ1) is 11.1. The lowest BCUT2D eigenvalue weighted by Crippen LogP contribution is -2.47. The van der Waals surface area contributed by atoms with Crippen molar-refractivity contribution in [3.05, 3.63) is 29.8 Å². The predicted molar refractivity (Wildman–Crippen MR) is 90.4 cm³/mol. The summed E-state index contributed by atoms with van der Waals surface area (Å²) >= 11 is 0. The number of hydrogen-bond acceptors (Lipinski definition) is 3. The van der Waals surface area contributed by atoms with Gasteiger partial charge in [0.25, 0.3) is 5.91 Å². The molecular weight excluding hydrogens is 290 g/mol. The molecule has 0 bridgehead atoms. The van der Waals surface area contributed by atoms with Crippen molar-refractivity contribution in [1.29, 1.82) is 0 Å². The summed E-state index contributed by atoms with van der Waals surface area (Å²) in [4.78, 5) is 26.9. The van der Waals surface area contributed by atoms with Crippen LogP contribution in [0.25, 0.3) is 0 Å². The van der Waals surface area contributed by atoms with Crippen molar-refractivity contribution in [2.24, 2.45) is 5.10 Å². The molecule has 2 aliphatic heterocycles. The Bertz CT molecular complexity index is 653. The van der Waals surface area contributed by atoms with Crippen molar-refractivity contribution in [3.8, 4) is 0 Å². The normalized spacial score (nSPS) is 22.1. The van der Waals surface area contributed by atoms with Gasteiger partial charge in [0.15, 0.2) is 0 Å². The van der Waals surface area contributed by atoms with Crippen LogP contribution in [-0.2, 0) is 9.59 Å². The van der Waals surface area contributed by atoms with Gasteiger partial charge in [0.1, 0.15) is 5.71 Å². The fraction of sp³-hybridized carbons (Fsp3) is 0.500. The van der Waals surface area contributed by atoms with Gasteiger partial charge in [-0.2, -0.15) is 5.10 Å². The Hall–Kier alpha value is -2.17. The van der Waals surface area contributed by atoms with E-state index < -0.39 is 0 Å². The summed E-state index contributed by atoms with van der Waals surface area (Å²) in [5.41, 5.74) is 2.24. The van der Waals surface area contributed by atoms with Crippen LogP contribution in [0.3, 0.4) is 0 Å². The van der Waals surface area contributed by atoms with Gasteiger partial charge in [-0.05, 0) is 44.7 Å². The number of hydrogen-bond donors (Lipinski definition) is 0. The first-order valence-electron chi connectivity index (χ1n) is 8.35. The van der Waals surface area contributed by atoms with Crippen molar-refractivity contribution in [3.63, 3.8) is 0 Å². The van der Waals surface area contributed by atoms with Gasteiger partial charge in [0.2, 0.25) is 5.91 Å². The van der Waals surface area contributed by atoms with E-state index in [0.29, 0.717) is 18.6 Å². The monoisotopic (exact) mass is 313 g/mol. The van der Waals surface area contributed by atoms with Crippen LogP contribution in [-0.4, -0.2) is 35.0 Å². The van der Waals surface area contributed by atoms with Crippen molar-refractivity contribution >= 4 is 23.2 Å². The van der Waals surface area contributed by atoms with Crippen molar-refractivity contribution in [1.82, 2.24) is 4.90 Å². The molecule has 1 aromatic rings. The number of piperidine rings is 1. The second-order valence-corrected chi connectivity index (χ2v) is 6.38. The molecule has 0 saturated carbocycles. The molecule has 1 fully saturated rings. The first-order valence-corrected chi connectivity index (χ1v) is 8.35. The van der Waals surface area contributed by atoms with E-state index in [9.17, 15) is 9.59 Å². The minimum absolute atomic E-state index is 0.0108. The Labute approximate surface area is 137 Å². The van der Waals surface area contributed by atoms with Crippen molar-refractivity contribution in [2.75, 3.05) is 11.6 Å². The van der Waals surface area contributed by atoms with Gasteiger partial charge in [-0.25, -0.2) is 5.01 Å². The molecule has 0 spiro atoms. The van der Waals surface area contributed by atoms with E-state index in [4.69, 9.17) is 0 Å². The highest BCUT2D eigenvalue weighted by molar-refractivity contribution is 6.40. The van der Waals surface area contributed by atoms with Crippen LogP contribution in [0.15, 0.2) is 29.4 Å². The minimum atomic E-state index is -0.0532. The third-order valence-corrected chi connectivity index (χ3v) is 4.69. The van der Waals surface area contributed by atoms with Crippen LogP contribution in [0.4, 0.5) is 5.69 Å². The zero-order valence-electron chi connectivity index (χ0n) is 13.8. The molecule has 0 aromatic heterocycles. The average molecular weight is 313 g/mol. The second-order valence-electron chi connectivity index (χ2n) is 6.38. The minimum Gasteiger partial charge on any atom is -0.335 e. The third-order valence-electron chi connectivity index (χ3n) is 4.69.